The molecule has 2 aromatic rings. The molecule has 1 aromatic carbocycles. The summed E-state index contributed by atoms with van der Waals surface area (Å²) < 4.78 is 5.19. The van der Waals surface area contributed by atoms with Crippen molar-refractivity contribution in [2.75, 3.05) is 5.32 Å². The van der Waals surface area contributed by atoms with Crippen LogP contribution in [0.3, 0.4) is 0 Å². The van der Waals surface area contributed by atoms with Crippen molar-refractivity contribution in [2.45, 2.75) is 20.4 Å². The summed E-state index contributed by atoms with van der Waals surface area (Å²) in [6.07, 6.45) is 0. The number of hydrogen-bond acceptors (Lipinski definition) is 4. The number of nitrogens with zero attached hydrogens (tertiary/aromatic N) is 1. The van der Waals surface area contributed by atoms with Gasteiger partial charge >= 0.3 is 0 Å². The first-order chi connectivity index (χ1) is 8.97. The first-order valence-electron chi connectivity index (χ1n) is 5.71. The highest BCUT2D eigenvalue weighted by atomic mass is 35.5. The summed E-state index contributed by atoms with van der Waals surface area (Å²) in [5.74, 6) is 0.623. The van der Waals surface area contributed by atoms with Gasteiger partial charge in [-0.05, 0) is 54.8 Å². The van der Waals surface area contributed by atoms with E-state index < -0.39 is 4.92 Å². The lowest BCUT2D eigenvalue weighted by Crippen LogP contribution is -2.03. The zero-order valence-corrected chi connectivity index (χ0v) is 11.3. The largest absolute Gasteiger partial charge is 0.448 e. The van der Waals surface area contributed by atoms with Crippen molar-refractivity contribution in [3.8, 4) is 0 Å². The lowest BCUT2D eigenvalue weighted by atomic mass is 10.1. The SMILES string of the molecule is Cc1cc(NCc2ccc(Cl)o2)c([N+](=O)[O-])cc1C. The van der Waals surface area contributed by atoms with E-state index in [0.717, 1.165) is 11.1 Å². The summed E-state index contributed by atoms with van der Waals surface area (Å²) in [5.41, 5.74) is 2.41. The molecule has 1 heterocycles. The maximum atomic E-state index is 11.0. The molecule has 100 valence electrons. The lowest BCUT2D eigenvalue weighted by molar-refractivity contribution is -0.384. The first kappa shape index (κ1) is 13.4. The number of halogens is 1. The Hall–Kier alpha value is -2.01. The van der Waals surface area contributed by atoms with E-state index in [2.05, 4.69) is 5.32 Å². The number of nitro benzene ring substituents is 1. The van der Waals surface area contributed by atoms with E-state index in [1.54, 1.807) is 24.3 Å². The van der Waals surface area contributed by atoms with Crippen molar-refractivity contribution in [2.24, 2.45) is 0 Å². The molecule has 1 N–H and O–H groups in total. The normalized spacial score (nSPS) is 10.5. The van der Waals surface area contributed by atoms with E-state index >= 15 is 0 Å². The molecular formula is C13H13ClN2O3. The molecule has 0 atom stereocenters. The van der Waals surface area contributed by atoms with Crippen molar-refractivity contribution < 1.29 is 9.34 Å². The number of furan rings is 1. The quantitative estimate of drug-likeness (QED) is 0.677. The van der Waals surface area contributed by atoms with Crippen LogP contribution in [0, 0.1) is 24.0 Å². The molecular weight excluding hydrogens is 268 g/mol. The molecule has 0 radical (unpaired) electrons. The zero-order chi connectivity index (χ0) is 14.0. The van der Waals surface area contributed by atoms with Crippen LogP contribution in [-0.2, 0) is 6.54 Å². The molecule has 0 saturated heterocycles. The van der Waals surface area contributed by atoms with Gasteiger partial charge < -0.3 is 9.73 Å². The molecule has 0 aliphatic heterocycles. The molecule has 0 fully saturated rings. The van der Waals surface area contributed by atoms with Crippen molar-refractivity contribution in [3.63, 3.8) is 0 Å². The summed E-state index contributed by atoms with van der Waals surface area (Å²) >= 11 is 5.67. The molecule has 1 aromatic heterocycles. The molecule has 0 unspecified atom stereocenters. The smallest absolute Gasteiger partial charge is 0.292 e. The van der Waals surface area contributed by atoms with E-state index in [4.69, 9.17) is 16.0 Å². The van der Waals surface area contributed by atoms with Gasteiger partial charge in [0.15, 0.2) is 5.22 Å². The highest BCUT2D eigenvalue weighted by Crippen LogP contribution is 2.28. The molecule has 0 saturated carbocycles. The monoisotopic (exact) mass is 280 g/mol. The number of aryl methyl sites for hydroxylation is 2. The standard InChI is InChI=1S/C13H13ClN2O3/c1-8-5-11(12(16(17)18)6-9(8)2)15-7-10-3-4-13(14)19-10/h3-6,15H,7H2,1-2H3. The summed E-state index contributed by atoms with van der Waals surface area (Å²) in [6, 6.07) is 6.68. The van der Waals surface area contributed by atoms with Crippen LogP contribution in [0.4, 0.5) is 11.4 Å². The van der Waals surface area contributed by atoms with Crippen LogP contribution in [0.2, 0.25) is 5.22 Å². The maximum absolute atomic E-state index is 11.0. The average molecular weight is 281 g/mol. The van der Waals surface area contributed by atoms with E-state index in [0.29, 0.717) is 23.2 Å². The van der Waals surface area contributed by atoms with Crippen LogP contribution in [0.25, 0.3) is 0 Å². The fourth-order valence-electron chi connectivity index (χ4n) is 1.72. The van der Waals surface area contributed by atoms with E-state index in [1.165, 1.54) is 0 Å². The van der Waals surface area contributed by atoms with Crippen LogP contribution >= 0.6 is 11.6 Å². The van der Waals surface area contributed by atoms with Gasteiger partial charge in [-0.2, -0.15) is 0 Å². The van der Waals surface area contributed by atoms with Gasteiger partial charge in [0.05, 0.1) is 11.5 Å². The Kier molecular flexibility index (Phi) is 3.76. The second kappa shape index (κ2) is 5.32. The third-order valence-electron chi connectivity index (χ3n) is 2.89. The molecule has 0 aliphatic carbocycles. The number of nitrogens with one attached hydrogen (secondary N) is 1. The van der Waals surface area contributed by atoms with Crippen LogP contribution in [0.5, 0.6) is 0 Å². The Morgan fingerprint density at radius 2 is 2.00 bits per heavy atom. The van der Waals surface area contributed by atoms with Crippen LogP contribution in [0.15, 0.2) is 28.7 Å². The summed E-state index contributed by atoms with van der Waals surface area (Å²) in [5, 5.41) is 14.3. The second-order valence-electron chi connectivity index (χ2n) is 4.27. The van der Waals surface area contributed by atoms with Gasteiger partial charge in [0.25, 0.3) is 5.69 Å². The zero-order valence-electron chi connectivity index (χ0n) is 10.6. The van der Waals surface area contributed by atoms with Crippen molar-refractivity contribution in [1.29, 1.82) is 0 Å². The molecule has 2 rings (SSSR count). The molecule has 6 heteroatoms. The third-order valence-corrected chi connectivity index (χ3v) is 3.09. The van der Waals surface area contributed by atoms with Crippen molar-refractivity contribution in [3.05, 3.63) is 56.5 Å². The minimum Gasteiger partial charge on any atom is -0.448 e. The molecule has 0 aliphatic rings. The van der Waals surface area contributed by atoms with Gasteiger partial charge in [-0.1, -0.05) is 0 Å². The highest BCUT2D eigenvalue weighted by Gasteiger charge is 2.15. The minimum absolute atomic E-state index is 0.0563. The number of anilines is 1. The summed E-state index contributed by atoms with van der Waals surface area (Å²) in [4.78, 5) is 10.6. The number of benzene rings is 1. The highest BCUT2D eigenvalue weighted by molar-refractivity contribution is 6.28. The third kappa shape index (κ3) is 3.06. The Balaban J connectivity index is 2.23. The van der Waals surface area contributed by atoms with Gasteiger partial charge in [0, 0.05) is 6.07 Å². The van der Waals surface area contributed by atoms with Crippen LogP contribution in [0.1, 0.15) is 16.9 Å². The minimum atomic E-state index is -0.399. The van der Waals surface area contributed by atoms with Crippen LogP contribution < -0.4 is 5.32 Å². The molecule has 0 bridgehead atoms. The first-order valence-corrected chi connectivity index (χ1v) is 6.09. The van der Waals surface area contributed by atoms with Gasteiger partial charge in [0.1, 0.15) is 11.4 Å². The molecule has 0 amide bonds. The van der Waals surface area contributed by atoms with Gasteiger partial charge in [0.2, 0.25) is 0 Å². The second-order valence-corrected chi connectivity index (χ2v) is 4.64. The fraction of sp³-hybridized carbons (Fsp3) is 0.231. The predicted octanol–water partition coefficient (Wildman–Crippen LogP) is 4.07. The predicted molar refractivity (Wildman–Crippen MR) is 73.6 cm³/mol. The van der Waals surface area contributed by atoms with E-state index in [1.807, 2.05) is 13.8 Å². The summed E-state index contributed by atoms with van der Waals surface area (Å²) in [7, 11) is 0. The average Bonchev–Trinajstić information content (AvgIpc) is 2.76. The molecule has 0 spiro atoms. The van der Waals surface area contributed by atoms with Gasteiger partial charge in [-0.15, -0.1) is 0 Å². The van der Waals surface area contributed by atoms with E-state index in [9.17, 15) is 10.1 Å². The molecule has 19 heavy (non-hydrogen) atoms. The maximum Gasteiger partial charge on any atom is 0.292 e. The fourth-order valence-corrected chi connectivity index (χ4v) is 1.88. The van der Waals surface area contributed by atoms with E-state index in [-0.39, 0.29) is 5.69 Å². The Labute approximate surface area is 115 Å². The number of hydrogen-bond donors (Lipinski definition) is 1. The van der Waals surface area contributed by atoms with Gasteiger partial charge in [-0.3, -0.25) is 10.1 Å². The lowest BCUT2D eigenvalue weighted by Gasteiger charge is -2.08. The molecule has 5 nitrogen and oxygen atoms in total. The van der Waals surface area contributed by atoms with Crippen LogP contribution in [-0.4, -0.2) is 4.92 Å². The number of rotatable bonds is 4. The Bertz CT molecular complexity index is 622. The topological polar surface area (TPSA) is 68.3 Å². The Morgan fingerprint density at radius 1 is 1.32 bits per heavy atom. The van der Waals surface area contributed by atoms with Crippen molar-refractivity contribution >= 4 is 23.0 Å². The summed E-state index contributed by atoms with van der Waals surface area (Å²) in [6.45, 7) is 4.10. The van der Waals surface area contributed by atoms with Gasteiger partial charge in [-0.25, -0.2) is 0 Å². The Morgan fingerprint density at radius 3 is 2.58 bits per heavy atom. The number of nitro groups is 1. The van der Waals surface area contributed by atoms with Crippen molar-refractivity contribution in [1.82, 2.24) is 0 Å².